The third-order valence-electron chi connectivity index (χ3n) is 3.31. The van der Waals surface area contributed by atoms with Gasteiger partial charge in [0, 0.05) is 24.2 Å². The molecule has 2 rings (SSSR count). The Morgan fingerprint density at radius 1 is 1.17 bits per heavy atom. The number of carbonyl (C=O) groups is 1. The molecule has 0 heterocycles. The molecule has 0 aliphatic carbocycles. The molecule has 24 heavy (non-hydrogen) atoms. The van der Waals surface area contributed by atoms with E-state index in [1.165, 1.54) is 30.2 Å². The summed E-state index contributed by atoms with van der Waals surface area (Å²) in [6.45, 7) is -2.58. The molecule has 2 aromatic rings. The summed E-state index contributed by atoms with van der Waals surface area (Å²) < 4.78 is 34.0. The zero-order chi connectivity index (χ0) is 17.7. The predicted octanol–water partition coefficient (Wildman–Crippen LogP) is 4.22. The molecule has 2 aromatic carbocycles. The van der Waals surface area contributed by atoms with Crippen LogP contribution in [0.5, 0.6) is 11.5 Å². The van der Waals surface area contributed by atoms with Crippen LogP contribution in [-0.2, 0) is 6.54 Å². The summed E-state index contributed by atoms with van der Waals surface area (Å²) in [5.74, 6) is -0.322. The first-order valence-electron chi connectivity index (χ1n) is 7.03. The lowest BCUT2D eigenvalue weighted by atomic mass is 10.1. The Morgan fingerprint density at radius 3 is 2.42 bits per heavy atom. The maximum Gasteiger partial charge on any atom is 0.387 e. The van der Waals surface area contributed by atoms with Crippen LogP contribution in [0.2, 0.25) is 5.02 Å². The van der Waals surface area contributed by atoms with Gasteiger partial charge in [-0.3, -0.25) is 4.79 Å². The number of methoxy groups -OCH3 is 1. The van der Waals surface area contributed by atoms with Crippen molar-refractivity contribution in [1.29, 1.82) is 0 Å². The van der Waals surface area contributed by atoms with E-state index in [9.17, 15) is 13.6 Å². The van der Waals surface area contributed by atoms with E-state index in [0.29, 0.717) is 17.1 Å². The van der Waals surface area contributed by atoms with E-state index >= 15 is 0 Å². The number of carbonyl (C=O) groups excluding carboxylic acids is 1. The number of rotatable bonds is 6. The van der Waals surface area contributed by atoms with Gasteiger partial charge in [-0.25, -0.2) is 0 Å². The van der Waals surface area contributed by atoms with Gasteiger partial charge in [-0.15, -0.1) is 0 Å². The lowest BCUT2D eigenvalue weighted by molar-refractivity contribution is -0.0512. The second-order valence-corrected chi connectivity index (χ2v) is 5.47. The summed E-state index contributed by atoms with van der Waals surface area (Å²) in [6, 6.07) is 11.2. The molecular formula is C17H16ClF2NO3. The predicted molar refractivity (Wildman–Crippen MR) is 86.9 cm³/mol. The number of alkyl halides is 2. The molecule has 1 amide bonds. The zero-order valence-corrected chi connectivity index (χ0v) is 13.9. The standard InChI is InChI=1S/C17H16ClF2NO3/c1-21(10-11-3-6-13(18)7-4-11)16(22)12-5-8-14(24-17(19)20)15(9-12)23-2/h3-9,17H,10H2,1-2H3. The summed E-state index contributed by atoms with van der Waals surface area (Å²) in [5.41, 5.74) is 1.23. The summed E-state index contributed by atoms with van der Waals surface area (Å²) in [6.07, 6.45) is 0. The number of nitrogens with zero attached hydrogens (tertiary/aromatic N) is 1. The lowest BCUT2D eigenvalue weighted by Crippen LogP contribution is -2.26. The van der Waals surface area contributed by atoms with Crippen molar-refractivity contribution in [3.8, 4) is 11.5 Å². The quantitative estimate of drug-likeness (QED) is 0.778. The molecule has 0 atom stereocenters. The van der Waals surface area contributed by atoms with Gasteiger partial charge in [0.05, 0.1) is 7.11 Å². The second kappa shape index (κ2) is 7.97. The zero-order valence-electron chi connectivity index (χ0n) is 13.1. The lowest BCUT2D eigenvalue weighted by Gasteiger charge is -2.18. The molecule has 7 heteroatoms. The van der Waals surface area contributed by atoms with Gasteiger partial charge in [0.1, 0.15) is 0 Å². The molecule has 0 bridgehead atoms. The average Bonchev–Trinajstić information content (AvgIpc) is 2.56. The summed E-state index contributed by atoms with van der Waals surface area (Å²) >= 11 is 5.83. The van der Waals surface area contributed by atoms with Crippen LogP contribution in [0.1, 0.15) is 15.9 Å². The minimum Gasteiger partial charge on any atom is -0.493 e. The van der Waals surface area contributed by atoms with Gasteiger partial charge < -0.3 is 14.4 Å². The van der Waals surface area contributed by atoms with Gasteiger partial charge in [-0.05, 0) is 35.9 Å². The fourth-order valence-electron chi connectivity index (χ4n) is 2.15. The van der Waals surface area contributed by atoms with Gasteiger partial charge in [-0.1, -0.05) is 23.7 Å². The largest absolute Gasteiger partial charge is 0.493 e. The Bertz CT molecular complexity index is 707. The molecule has 0 fully saturated rings. The molecule has 0 aliphatic heterocycles. The molecule has 4 nitrogen and oxygen atoms in total. The van der Waals surface area contributed by atoms with Gasteiger partial charge in [0.2, 0.25) is 0 Å². The average molecular weight is 356 g/mol. The Labute approximate surface area is 143 Å². The molecule has 128 valence electrons. The SMILES string of the molecule is COc1cc(C(=O)N(C)Cc2ccc(Cl)cc2)ccc1OC(F)F. The highest BCUT2D eigenvalue weighted by molar-refractivity contribution is 6.30. The first kappa shape index (κ1) is 18.0. The van der Waals surface area contributed by atoms with Crippen molar-refractivity contribution < 1.29 is 23.0 Å². The summed E-state index contributed by atoms with van der Waals surface area (Å²) in [7, 11) is 2.96. The van der Waals surface area contributed by atoms with Gasteiger partial charge >= 0.3 is 6.61 Å². The van der Waals surface area contributed by atoms with Crippen LogP contribution in [0, 0.1) is 0 Å². The van der Waals surface area contributed by atoms with Crippen molar-refractivity contribution in [2.24, 2.45) is 0 Å². The van der Waals surface area contributed by atoms with Crippen LogP contribution in [-0.4, -0.2) is 31.6 Å². The molecule has 0 aromatic heterocycles. The number of hydrogen-bond donors (Lipinski definition) is 0. The van der Waals surface area contributed by atoms with Crippen molar-refractivity contribution in [1.82, 2.24) is 4.90 Å². The van der Waals surface area contributed by atoms with Crippen molar-refractivity contribution in [2.45, 2.75) is 13.2 Å². The van der Waals surface area contributed by atoms with E-state index in [1.54, 1.807) is 19.2 Å². The van der Waals surface area contributed by atoms with Crippen LogP contribution < -0.4 is 9.47 Å². The van der Waals surface area contributed by atoms with E-state index in [0.717, 1.165) is 5.56 Å². The number of halogens is 3. The number of benzene rings is 2. The normalized spacial score (nSPS) is 10.6. The van der Waals surface area contributed by atoms with E-state index in [-0.39, 0.29) is 17.4 Å². The van der Waals surface area contributed by atoms with Gasteiger partial charge in [-0.2, -0.15) is 8.78 Å². The highest BCUT2D eigenvalue weighted by atomic mass is 35.5. The Balaban J connectivity index is 2.14. The Kier molecular flexibility index (Phi) is 5.98. The molecular weight excluding hydrogens is 340 g/mol. The summed E-state index contributed by atoms with van der Waals surface area (Å²) in [4.78, 5) is 14.0. The number of ether oxygens (including phenoxy) is 2. The molecule has 0 radical (unpaired) electrons. The van der Waals surface area contributed by atoms with Crippen molar-refractivity contribution >= 4 is 17.5 Å². The van der Waals surface area contributed by atoms with Crippen LogP contribution in [0.25, 0.3) is 0 Å². The number of hydrogen-bond acceptors (Lipinski definition) is 3. The van der Waals surface area contributed by atoms with E-state index in [4.69, 9.17) is 16.3 Å². The number of amides is 1. The molecule has 0 N–H and O–H groups in total. The molecule has 0 aliphatic rings. The van der Waals surface area contributed by atoms with E-state index in [2.05, 4.69) is 4.74 Å². The van der Waals surface area contributed by atoms with Gasteiger partial charge in [0.25, 0.3) is 5.91 Å². The smallest absolute Gasteiger partial charge is 0.387 e. The summed E-state index contributed by atoms with van der Waals surface area (Å²) in [5, 5.41) is 0.618. The first-order chi connectivity index (χ1) is 11.4. The Morgan fingerprint density at radius 2 is 1.83 bits per heavy atom. The van der Waals surface area contributed by atoms with Crippen LogP contribution in [0.4, 0.5) is 8.78 Å². The van der Waals surface area contributed by atoms with Crippen molar-refractivity contribution in [3.05, 3.63) is 58.6 Å². The maximum absolute atomic E-state index is 12.5. The van der Waals surface area contributed by atoms with Gasteiger partial charge in [0.15, 0.2) is 11.5 Å². The third kappa shape index (κ3) is 4.58. The Hall–Kier alpha value is -2.34. The fraction of sp³-hybridized carbons (Fsp3) is 0.235. The minimum absolute atomic E-state index is 0.0704. The van der Waals surface area contributed by atoms with Crippen LogP contribution in [0.15, 0.2) is 42.5 Å². The van der Waals surface area contributed by atoms with E-state index in [1.807, 2.05) is 12.1 Å². The molecule has 0 unspecified atom stereocenters. The minimum atomic E-state index is -2.96. The van der Waals surface area contributed by atoms with Crippen molar-refractivity contribution in [2.75, 3.05) is 14.2 Å². The first-order valence-corrected chi connectivity index (χ1v) is 7.41. The van der Waals surface area contributed by atoms with Crippen molar-refractivity contribution in [3.63, 3.8) is 0 Å². The molecule has 0 saturated heterocycles. The maximum atomic E-state index is 12.5. The highest BCUT2D eigenvalue weighted by Gasteiger charge is 2.17. The highest BCUT2D eigenvalue weighted by Crippen LogP contribution is 2.30. The van der Waals surface area contributed by atoms with Crippen LogP contribution in [0.3, 0.4) is 0 Å². The van der Waals surface area contributed by atoms with E-state index < -0.39 is 6.61 Å². The second-order valence-electron chi connectivity index (χ2n) is 5.03. The monoisotopic (exact) mass is 355 g/mol. The third-order valence-corrected chi connectivity index (χ3v) is 3.56. The molecule has 0 saturated carbocycles. The van der Waals surface area contributed by atoms with Crippen LogP contribution >= 0.6 is 11.6 Å². The molecule has 0 spiro atoms. The fourth-order valence-corrected chi connectivity index (χ4v) is 2.28. The topological polar surface area (TPSA) is 38.8 Å².